The summed E-state index contributed by atoms with van der Waals surface area (Å²) in [6.07, 6.45) is -0.612. The van der Waals surface area contributed by atoms with Crippen molar-refractivity contribution in [1.29, 1.82) is 0 Å². The smallest absolute Gasteiger partial charge is 0.302 e. The molecule has 0 saturated carbocycles. The van der Waals surface area contributed by atoms with Gasteiger partial charge in [-0.25, -0.2) is 0 Å². The van der Waals surface area contributed by atoms with Gasteiger partial charge in [0.25, 0.3) is 5.97 Å². The maximum Gasteiger partial charge on any atom is 0.302 e. The number of ether oxygens (including phenoxy) is 2. The second-order valence-electron chi connectivity index (χ2n) is 3.39. The fraction of sp³-hybridized carbons (Fsp3) is 0.818. The minimum atomic E-state index is -0.833. The Balaban J connectivity index is -0.000000212. The van der Waals surface area contributed by atoms with Gasteiger partial charge in [-0.3, -0.25) is 9.59 Å². The fourth-order valence-electron chi connectivity index (χ4n) is 0.356. The zero-order chi connectivity index (χ0) is 15.1. The van der Waals surface area contributed by atoms with Gasteiger partial charge in [-0.1, -0.05) is 0 Å². The van der Waals surface area contributed by atoms with Gasteiger partial charge in [0.05, 0.1) is 32.5 Å². The van der Waals surface area contributed by atoms with Gasteiger partial charge in [0, 0.05) is 13.8 Å². The van der Waals surface area contributed by atoms with Gasteiger partial charge in [-0.2, -0.15) is 0 Å². The van der Waals surface area contributed by atoms with Crippen LogP contribution in [0.2, 0.25) is 0 Å². The van der Waals surface area contributed by atoms with Crippen LogP contribution in [-0.2, 0) is 19.1 Å². The van der Waals surface area contributed by atoms with Gasteiger partial charge in [0.15, 0.2) is 0 Å². The summed E-state index contributed by atoms with van der Waals surface area (Å²) in [4.78, 5) is 18.6. The quantitative estimate of drug-likeness (QED) is 0.616. The first-order valence-electron chi connectivity index (χ1n) is 5.31. The van der Waals surface area contributed by atoms with E-state index in [0.29, 0.717) is 6.61 Å². The van der Waals surface area contributed by atoms with Gasteiger partial charge < -0.3 is 24.8 Å². The topological polar surface area (TPSA) is 113 Å². The lowest BCUT2D eigenvalue weighted by molar-refractivity contribution is -0.138. The summed E-state index contributed by atoms with van der Waals surface area (Å²) in [7, 11) is 1.35. The Kier molecular flexibility index (Phi) is 19.4. The van der Waals surface area contributed by atoms with E-state index in [1.54, 1.807) is 13.8 Å². The van der Waals surface area contributed by atoms with E-state index in [1.165, 1.54) is 14.0 Å². The zero-order valence-electron chi connectivity index (χ0n) is 11.5. The third-order valence-corrected chi connectivity index (χ3v) is 1.17. The summed E-state index contributed by atoms with van der Waals surface area (Å²) in [6.45, 7) is 6.14. The summed E-state index contributed by atoms with van der Waals surface area (Å²) < 4.78 is 9.06. The van der Waals surface area contributed by atoms with Crippen LogP contribution < -0.4 is 0 Å². The molecule has 0 aromatic heterocycles. The van der Waals surface area contributed by atoms with E-state index in [1.807, 2.05) is 0 Å². The third kappa shape index (κ3) is 46.3. The summed E-state index contributed by atoms with van der Waals surface area (Å²) in [5.41, 5.74) is 0. The van der Waals surface area contributed by atoms with E-state index in [4.69, 9.17) is 24.9 Å². The monoisotopic (exact) mass is 268 g/mol. The van der Waals surface area contributed by atoms with Crippen LogP contribution in [-0.4, -0.2) is 59.8 Å². The third-order valence-electron chi connectivity index (χ3n) is 1.17. The van der Waals surface area contributed by atoms with E-state index >= 15 is 0 Å². The number of carbonyl (C=O) groups is 2. The number of rotatable bonds is 4. The number of carboxylic acids is 1. The number of hydrogen-bond donors (Lipinski definition) is 3. The lowest BCUT2D eigenvalue weighted by Gasteiger charge is -2.10. The fourth-order valence-corrected chi connectivity index (χ4v) is 0.356. The molecule has 110 valence electrons. The zero-order valence-corrected chi connectivity index (χ0v) is 11.5. The molecular formula is C11H24O7. The van der Waals surface area contributed by atoms with Crippen molar-refractivity contribution < 1.29 is 34.4 Å². The summed E-state index contributed by atoms with van der Waals surface area (Å²) in [5, 5.41) is 24.5. The molecule has 0 aromatic rings. The van der Waals surface area contributed by atoms with Crippen molar-refractivity contribution in [1.82, 2.24) is 0 Å². The van der Waals surface area contributed by atoms with Crippen LogP contribution in [0.5, 0.6) is 0 Å². The lowest BCUT2D eigenvalue weighted by atomic mass is 10.4. The molecule has 0 spiro atoms. The number of esters is 1. The van der Waals surface area contributed by atoms with Crippen LogP contribution in [0.1, 0.15) is 27.7 Å². The van der Waals surface area contributed by atoms with Crippen LogP contribution in [0.4, 0.5) is 0 Å². The van der Waals surface area contributed by atoms with Crippen molar-refractivity contribution in [2.45, 2.75) is 39.9 Å². The van der Waals surface area contributed by atoms with E-state index in [0.717, 1.165) is 6.92 Å². The van der Waals surface area contributed by atoms with E-state index < -0.39 is 12.1 Å². The first kappa shape index (κ1) is 22.0. The Hall–Kier alpha value is -1.18. The van der Waals surface area contributed by atoms with Crippen molar-refractivity contribution >= 4 is 11.9 Å². The molecule has 0 aliphatic rings. The standard InChI is InChI=1S/C6H14O3.C3H6O2.C2H4O2/c1-5(8)4-9-6(2)3-7;1-3(4)5-2;1-2(3)4/h5-8H,3-4H2,1-2H3;1-2H3;1H3,(H,3,4). The predicted molar refractivity (Wildman–Crippen MR) is 65.2 cm³/mol. The molecule has 0 aliphatic carbocycles. The molecule has 0 bridgehead atoms. The van der Waals surface area contributed by atoms with Crippen molar-refractivity contribution in [3.05, 3.63) is 0 Å². The maximum absolute atomic E-state index is 9.59. The molecular weight excluding hydrogens is 244 g/mol. The van der Waals surface area contributed by atoms with Gasteiger partial charge in [-0.05, 0) is 13.8 Å². The molecule has 0 rings (SSSR count). The Bertz CT molecular complexity index is 200. The first-order chi connectivity index (χ1) is 8.17. The molecule has 0 saturated heterocycles. The average molecular weight is 268 g/mol. The van der Waals surface area contributed by atoms with Crippen molar-refractivity contribution in [3.8, 4) is 0 Å². The molecule has 3 N–H and O–H groups in total. The number of carbonyl (C=O) groups excluding carboxylic acids is 1. The molecule has 18 heavy (non-hydrogen) atoms. The largest absolute Gasteiger partial charge is 0.481 e. The second-order valence-corrected chi connectivity index (χ2v) is 3.39. The first-order valence-corrected chi connectivity index (χ1v) is 5.31. The van der Waals surface area contributed by atoms with E-state index in [9.17, 15) is 4.79 Å². The highest BCUT2D eigenvalue weighted by molar-refractivity contribution is 5.65. The number of hydrogen-bond acceptors (Lipinski definition) is 6. The van der Waals surface area contributed by atoms with Crippen LogP contribution in [0.15, 0.2) is 0 Å². The highest BCUT2D eigenvalue weighted by Gasteiger charge is 2.00. The molecule has 7 nitrogen and oxygen atoms in total. The normalized spacial score (nSPS) is 11.9. The summed E-state index contributed by atoms with van der Waals surface area (Å²) >= 11 is 0. The molecule has 2 unspecified atom stereocenters. The maximum atomic E-state index is 9.59. The molecule has 0 aliphatic heterocycles. The Labute approximate surface area is 107 Å². The Morgan fingerprint density at radius 3 is 1.72 bits per heavy atom. The Morgan fingerprint density at radius 1 is 1.22 bits per heavy atom. The molecule has 0 fully saturated rings. The SMILES string of the molecule is CC(=O)O.CC(O)COC(C)CO.COC(C)=O. The van der Waals surface area contributed by atoms with Crippen LogP contribution in [0.3, 0.4) is 0 Å². The predicted octanol–water partition coefficient (Wildman–Crippen LogP) is 0.0348. The average Bonchev–Trinajstić information content (AvgIpc) is 2.25. The highest BCUT2D eigenvalue weighted by atomic mass is 16.5. The number of aliphatic carboxylic acids is 1. The number of carboxylic acid groups (broad SMARTS) is 1. The number of aliphatic hydroxyl groups is 2. The Morgan fingerprint density at radius 2 is 1.56 bits per heavy atom. The van der Waals surface area contributed by atoms with Crippen molar-refractivity contribution in [2.24, 2.45) is 0 Å². The van der Waals surface area contributed by atoms with Gasteiger partial charge >= 0.3 is 5.97 Å². The number of aliphatic hydroxyl groups excluding tert-OH is 2. The molecule has 0 aromatic carbocycles. The molecule has 7 heteroatoms. The summed E-state index contributed by atoms with van der Waals surface area (Å²) in [5.74, 6) is -1.08. The van der Waals surface area contributed by atoms with Crippen LogP contribution >= 0.6 is 0 Å². The second kappa shape index (κ2) is 15.8. The van der Waals surface area contributed by atoms with Crippen LogP contribution in [0, 0.1) is 0 Å². The van der Waals surface area contributed by atoms with Crippen molar-refractivity contribution in [3.63, 3.8) is 0 Å². The highest BCUT2D eigenvalue weighted by Crippen LogP contribution is 1.90. The molecule has 0 radical (unpaired) electrons. The lowest BCUT2D eigenvalue weighted by Crippen LogP contribution is -2.19. The minimum Gasteiger partial charge on any atom is -0.481 e. The van der Waals surface area contributed by atoms with Gasteiger partial charge in [0.1, 0.15) is 0 Å². The minimum absolute atomic E-state index is 0.00667. The molecule has 2 atom stereocenters. The molecule has 0 amide bonds. The van der Waals surface area contributed by atoms with Gasteiger partial charge in [0.2, 0.25) is 0 Å². The van der Waals surface area contributed by atoms with Crippen LogP contribution in [0.25, 0.3) is 0 Å². The summed E-state index contributed by atoms with van der Waals surface area (Å²) in [6, 6.07) is 0. The molecule has 0 heterocycles. The van der Waals surface area contributed by atoms with E-state index in [-0.39, 0.29) is 18.7 Å². The van der Waals surface area contributed by atoms with E-state index in [2.05, 4.69) is 4.74 Å². The van der Waals surface area contributed by atoms with Crippen molar-refractivity contribution in [2.75, 3.05) is 20.3 Å². The van der Waals surface area contributed by atoms with Gasteiger partial charge in [-0.15, -0.1) is 0 Å². The number of methoxy groups -OCH3 is 1.